The van der Waals surface area contributed by atoms with Gasteiger partial charge in [-0.15, -0.1) is 0 Å². The second-order valence-electron chi connectivity index (χ2n) is 5.39. The van der Waals surface area contributed by atoms with Gasteiger partial charge in [-0.3, -0.25) is 9.48 Å². The molecule has 0 saturated heterocycles. The third-order valence-electron chi connectivity index (χ3n) is 3.32. The third kappa shape index (κ3) is 4.38. The largest absolute Gasteiger partial charge is 0.350 e. The second-order valence-corrected chi connectivity index (χ2v) is 7.65. The fraction of sp³-hybridized carbons (Fsp3) is 0.333. The summed E-state index contributed by atoms with van der Waals surface area (Å²) in [5.41, 5.74) is 2.09. The number of carbonyl (C=O) groups is 1. The van der Waals surface area contributed by atoms with Crippen molar-refractivity contribution < 1.29 is 17.6 Å². The summed E-state index contributed by atoms with van der Waals surface area (Å²) in [4.78, 5) is 12.0. The average Bonchev–Trinajstić information content (AvgIpc) is 2.82. The van der Waals surface area contributed by atoms with E-state index in [4.69, 9.17) is 0 Å². The fourth-order valence-electron chi connectivity index (χ4n) is 2.09. The van der Waals surface area contributed by atoms with Crippen LogP contribution in [0.5, 0.6) is 0 Å². The molecule has 23 heavy (non-hydrogen) atoms. The maximum absolute atomic E-state index is 13.3. The van der Waals surface area contributed by atoms with E-state index in [0.29, 0.717) is 11.3 Å². The zero-order valence-electron chi connectivity index (χ0n) is 13.1. The SMILES string of the molecule is Cc1cc(-c2cc(C(=O)NCCS(C)(=O)=O)nn2C)ccc1F. The first-order valence-corrected chi connectivity index (χ1v) is 9.00. The summed E-state index contributed by atoms with van der Waals surface area (Å²) in [5.74, 6) is -0.876. The van der Waals surface area contributed by atoms with Crippen molar-refractivity contribution in [3.8, 4) is 11.3 Å². The van der Waals surface area contributed by atoms with Gasteiger partial charge in [-0.25, -0.2) is 12.8 Å². The molecule has 1 N–H and O–H groups in total. The van der Waals surface area contributed by atoms with E-state index >= 15 is 0 Å². The molecular formula is C15H18FN3O3S. The number of carbonyl (C=O) groups excluding carboxylic acids is 1. The van der Waals surface area contributed by atoms with Gasteiger partial charge in [0.05, 0.1) is 11.4 Å². The van der Waals surface area contributed by atoms with Crippen LogP contribution in [0.3, 0.4) is 0 Å². The van der Waals surface area contributed by atoms with Crippen LogP contribution in [0, 0.1) is 12.7 Å². The maximum atomic E-state index is 13.3. The van der Waals surface area contributed by atoms with Gasteiger partial charge in [0, 0.05) is 25.4 Å². The number of sulfone groups is 1. The van der Waals surface area contributed by atoms with Gasteiger partial charge < -0.3 is 5.32 Å². The van der Waals surface area contributed by atoms with E-state index in [0.717, 1.165) is 11.8 Å². The molecule has 8 heteroatoms. The highest BCUT2D eigenvalue weighted by Gasteiger charge is 2.15. The molecule has 0 bridgehead atoms. The van der Waals surface area contributed by atoms with Gasteiger partial charge in [0.25, 0.3) is 5.91 Å². The molecule has 2 aromatic rings. The number of aryl methyl sites for hydroxylation is 2. The Hall–Kier alpha value is -2.22. The lowest BCUT2D eigenvalue weighted by Crippen LogP contribution is -2.29. The van der Waals surface area contributed by atoms with Crippen LogP contribution in [-0.2, 0) is 16.9 Å². The van der Waals surface area contributed by atoms with Crippen molar-refractivity contribution in [3.05, 3.63) is 41.3 Å². The van der Waals surface area contributed by atoms with Crippen molar-refractivity contribution >= 4 is 15.7 Å². The Balaban J connectivity index is 2.17. The molecular weight excluding hydrogens is 321 g/mol. The normalized spacial score (nSPS) is 11.5. The van der Waals surface area contributed by atoms with Crippen LogP contribution in [0.1, 0.15) is 16.1 Å². The van der Waals surface area contributed by atoms with E-state index in [-0.39, 0.29) is 23.8 Å². The van der Waals surface area contributed by atoms with Crippen molar-refractivity contribution in [1.82, 2.24) is 15.1 Å². The van der Waals surface area contributed by atoms with Gasteiger partial charge in [-0.2, -0.15) is 5.10 Å². The van der Waals surface area contributed by atoms with Crippen LogP contribution >= 0.6 is 0 Å². The van der Waals surface area contributed by atoms with E-state index in [1.54, 1.807) is 32.2 Å². The smallest absolute Gasteiger partial charge is 0.271 e. The number of nitrogens with one attached hydrogen (secondary N) is 1. The van der Waals surface area contributed by atoms with Crippen LogP contribution in [0.15, 0.2) is 24.3 Å². The highest BCUT2D eigenvalue weighted by Crippen LogP contribution is 2.22. The molecule has 1 aromatic carbocycles. The van der Waals surface area contributed by atoms with Crippen molar-refractivity contribution in [2.75, 3.05) is 18.6 Å². The average molecular weight is 339 g/mol. The van der Waals surface area contributed by atoms with Gasteiger partial charge in [0.2, 0.25) is 0 Å². The van der Waals surface area contributed by atoms with Gasteiger partial charge in [0.1, 0.15) is 15.7 Å². The molecule has 1 heterocycles. The van der Waals surface area contributed by atoms with Gasteiger partial charge >= 0.3 is 0 Å². The Labute approximate surface area is 134 Å². The first-order chi connectivity index (χ1) is 10.7. The lowest BCUT2D eigenvalue weighted by molar-refractivity contribution is 0.0950. The first-order valence-electron chi connectivity index (χ1n) is 6.94. The van der Waals surface area contributed by atoms with Crippen LogP contribution in [-0.4, -0.2) is 42.7 Å². The number of amides is 1. The van der Waals surface area contributed by atoms with Gasteiger partial charge in [0.15, 0.2) is 5.69 Å². The van der Waals surface area contributed by atoms with E-state index in [2.05, 4.69) is 10.4 Å². The number of aromatic nitrogens is 2. The summed E-state index contributed by atoms with van der Waals surface area (Å²) in [6, 6.07) is 6.24. The van der Waals surface area contributed by atoms with Crippen molar-refractivity contribution in [2.24, 2.45) is 7.05 Å². The van der Waals surface area contributed by atoms with Crippen molar-refractivity contribution in [1.29, 1.82) is 0 Å². The number of hydrogen-bond acceptors (Lipinski definition) is 4. The highest BCUT2D eigenvalue weighted by atomic mass is 32.2. The highest BCUT2D eigenvalue weighted by molar-refractivity contribution is 7.90. The number of benzene rings is 1. The molecule has 0 fully saturated rings. The molecule has 0 aliphatic carbocycles. The van der Waals surface area contributed by atoms with Gasteiger partial charge in [-0.1, -0.05) is 0 Å². The van der Waals surface area contributed by atoms with Crippen LogP contribution < -0.4 is 5.32 Å². The molecule has 0 spiro atoms. The number of hydrogen-bond donors (Lipinski definition) is 1. The molecule has 0 aliphatic rings. The molecule has 0 atom stereocenters. The minimum absolute atomic E-state index is 0.0270. The first kappa shape index (κ1) is 17.1. The Kier molecular flexibility index (Phi) is 4.84. The Morgan fingerprint density at radius 1 is 1.35 bits per heavy atom. The summed E-state index contributed by atoms with van der Waals surface area (Å²) in [5, 5.41) is 6.63. The Morgan fingerprint density at radius 3 is 2.65 bits per heavy atom. The molecule has 1 amide bonds. The zero-order chi connectivity index (χ0) is 17.2. The fourth-order valence-corrected chi connectivity index (χ4v) is 2.57. The number of nitrogens with zero attached hydrogens (tertiary/aromatic N) is 2. The monoisotopic (exact) mass is 339 g/mol. The summed E-state index contributed by atoms with van der Waals surface area (Å²) < 4.78 is 37.0. The lowest BCUT2D eigenvalue weighted by Gasteiger charge is -2.03. The maximum Gasteiger partial charge on any atom is 0.271 e. The molecule has 0 saturated carbocycles. The summed E-state index contributed by atoms with van der Waals surface area (Å²) in [6.07, 6.45) is 1.11. The summed E-state index contributed by atoms with van der Waals surface area (Å²) >= 11 is 0. The molecule has 0 aliphatic heterocycles. The Morgan fingerprint density at radius 2 is 2.04 bits per heavy atom. The van der Waals surface area contributed by atoms with Crippen LogP contribution in [0.2, 0.25) is 0 Å². The number of halogens is 1. The predicted octanol–water partition coefficient (Wildman–Crippen LogP) is 1.31. The summed E-state index contributed by atoms with van der Waals surface area (Å²) in [6.45, 7) is 1.69. The Bertz CT molecular complexity index is 844. The lowest BCUT2D eigenvalue weighted by atomic mass is 10.1. The molecule has 1 aromatic heterocycles. The topological polar surface area (TPSA) is 81.1 Å². The predicted molar refractivity (Wildman–Crippen MR) is 85.4 cm³/mol. The van der Waals surface area contributed by atoms with E-state index in [1.807, 2.05) is 0 Å². The van der Waals surface area contributed by atoms with Gasteiger partial charge in [-0.05, 0) is 36.8 Å². The van der Waals surface area contributed by atoms with E-state index in [9.17, 15) is 17.6 Å². The standard InChI is InChI=1S/C15H18FN3O3S/c1-10-8-11(4-5-12(10)16)14-9-13(18-19(14)2)15(20)17-6-7-23(3,21)22/h4-5,8-9H,6-7H2,1-3H3,(H,17,20). The van der Waals surface area contributed by atoms with Crippen molar-refractivity contribution in [3.63, 3.8) is 0 Å². The molecule has 2 rings (SSSR count). The van der Waals surface area contributed by atoms with Crippen LogP contribution in [0.4, 0.5) is 4.39 Å². The summed E-state index contributed by atoms with van der Waals surface area (Å²) in [7, 11) is -1.45. The minimum Gasteiger partial charge on any atom is -0.350 e. The third-order valence-corrected chi connectivity index (χ3v) is 4.27. The molecule has 6 nitrogen and oxygen atoms in total. The van der Waals surface area contributed by atoms with Crippen molar-refractivity contribution in [2.45, 2.75) is 6.92 Å². The number of rotatable bonds is 5. The molecule has 124 valence electrons. The van der Waals surface area contributed by atoms with E-state index < -0.39 is 15.7 Å². The minimum atomic E-state index is -3.13. The van der Waals surface area contributed by atoms with Crippen LogP contribution in [0.25, 0.3) is 11.3 Å². The molecule has 0 unspecified atom stereocenters. The quantitative estimate of drug-likeness (QED) is 0.890. The van der Waals surface area contributed by atoms with E-state index in [1.165, 1.54) is 10.7 Å². The second kappa shape index (κ2) is 6.49. The molecule has 0 radical (unpaired) electrons. The zero-order valence-corrected chi connectivity index (χ0v) is 13.9.